The summed E-state index contributed by atoms with van der Waals surface area (Å²) >= 11 is 0. The molecule has 2 atom stereocenters. The first kappa shape index (κ1) is 27.2. The van der Waals surface area contributed by atoms with Crippen molar-refractivity contribution in [1.29, 1.82) is 0 Å². The monoisotopic (exact) mass is 485 g/mol. The molecule has 3 rings (SSSR count). The van der Waals surface area contributed by atoms with E-state index in [1.54, 1.807) is 0 Å². The summed E-state index contributed by atoms with van der Waals surface area (Å²) in [5.41, 5.74) is 1.72. The van der Waals surface area contributed by atoms with Crippen LogP contribution in [0.2, 0.25) is 0 Å². The van der Waals surface area contributed by atoms with Gasteiger partial charge in [-0.3, -0.25) is 4.79 Å². The van der Waals surface area contributed by atoms with Crippen LogP contribution in [-0.2, 0) is 20.7 Å². The number of benzene rings is 1. The Morgan fingerprint density at radius 2 is 1.94 bits per heavy atom. The van der Waals surface area contributed by atoms with Crippen molar-refractivity contribution in [2.45, 2.75) is 111 Å². The summed E-state index contributed by atoms with van der Waals surface area (Å²) in [5.74, 6) is 0.551. The Morgan fingerprint density at radius 1 is 1.23 bits per heavy atom. The summed E-state index contributed by atoms with van der Waals surface area (Å²) in [6, 6.07) is 5.30. The molecule has 1 N–H and O–H groups in total. The molecule has 7 heteroatoms. The Kier molecular flexibility index (Phi) is 8.97. The lowest BCUT2D eigenvalue weighted by Crippen LogP contribution is -2.44. The molecule has 0 bridgehead atoms. The predicted molar refractivity (Wildman–Crippen MR) is 139 cm³/mol. The molecule has 0 aliphatic carbocycles. The molecule has 1 saturated heterocycles. The molecule has 1 amide bonds. The first-order chi connectivity index (χ1) is 16.5. The average Bonchev–Trinajstić information content (AvgIpc) is 3.40. The number of esters is 1. The third kappa shape index (κ3) is 7.06. The fourth-order valence-corrected chi connectivity index (χ4v) is 4.80. The predicted octanol–water partition coefficient (Wildman–Crippen LogP) is 5.61. The number of amides is 1. The number of nitrogens with one attached hydrogen (secondary N) is 1. The summed E-state index contributed by atoms with van der Waals surface area (Å²) in [6.07, 6.45) is 5.66. The second-order valence-electron chi connectivity index (χ2n) is 11.1. The Labute approximate surface area is 210 Å². The summed E-state index contributed by atoms with van der Waals surface area (Å²) in [4.78, 5) is 30.9. The second-order valence-corrected chi connectivity index (χ2v) is 11.1. The molecule has 1 aromatic heterocycles. The lowest BCUT2D eigenvalue weighted by molar-refractivity contribution is -0.157. The van der Waals surface area contributed by atoms with Crippen LogP contribution in [0.25, 0.3) is 11.0 Å². The van der Waals surface area contributed by atoms with E-state index in [9.17, 15) is 9.59 Å². The minimum atomic E-state index is -0.699. The van der Waals surface area contributed by atoms with Crippen LogP contribution in [0.5, 0.6) is 0 Å². The smallest absolute Gasteiger partial charge is 0.329 e. The molecule has 1 fully saturated rings. The van der Waals surface area contributed by atoms with E-state index in [1.165, 1.54) is 0 Å². The van der Waals surface area contributed by atoms with Crippen LogP contribution in [-0.4, -0.2) is 45.8 Å². The second kappa shape index (κ2) is 11.5. The van der Waals surface area contributed by atoms with Crippen LogP contribution in [0, 0.1) is 5.92 Å². The van der Waals surface area contributed by atoms with E-state index in [2.05, 4.69) is 23.7 Å². The van der Waals surface area contributed by atoms with E-state index in [1.807, 2.05) is 52.8 Å². The molecular formula is C28H43N3O4. The average molecular weight is 486 g/mol. The number of hydrogen-bond donors (Lipinski definition) is 1. The summed E-state index contributed by atoms with van der Waals surface area (Å²) in [5, 5.41) is 2.91. The van der Waals surface area contributed by atoms with Crippen molar-refractivity contribution in [3.05, 3.63) is 29.6 Å². The van der Waals surface area contributed by atoms with Gasteiger partial charge >= 0.3 is 5.97 Å². The Bertz CT molecular complexity index is 1010. The van der Waals surface area contributed by atoms with Crippen molar-refractivity contribution < 1.29 is 19.1 Å². The van der Waals surface area contributed by atoms with Gasteiger partial charge in [0.15, 0.2) is 0 Å². The highest BCUT2D eigenvalue weighted by Gasteiger charge is 2.28. The quantitative estimate of drug-likeness (QED) is 0.443. The standard InChI is InChI=1S/C28H43N3O4/c1-8-20(9-2)31-24-13-12-19(16-22(24)29-25(31)17-21-11-10-14-34-21)26(32)30-23(15-18(3)4)27(33)35-28(5,6)7/h12-13,16,18,20-21,23H,8-11,14-15,17H2,1-7H3,(H,30,32). The first-order valence-corrected chi connectivity index (χ1v) is 13.2. The number of carbonyl (C=O) groups is 2. The van der Waals surface area contributed by atoms with Crippen LogP contribution < -0.4 is 5.32 Å². The molecule has 1 aromatic carbocycles. The zero-order chi connectivity index (χ0) is 25.8. The van der Waals surface area contributed by atoms with Gasteiger partial charge in [-0.25, -0.2) is 9.78 Å². The van der Waals surface area contributed by atoms with Gasteiger partial charge in [0.25, 0.3) is 5.91 Å². The first-order valence-electron chi connectivity index (χ1n) is 13.2. The van der Waals surface area contributed by atoms with Gasteiger partial charge in [-0.1, -0.05) is 27.7 Å². The van der Waals surface area contributed by atoms with Gasteiger partial charge in [0, 0.05) is 24.6 Å². The number of ether oxygens (including phenoxy) is 2. The molecule has 7 nitrogen and oxygen atoms in total. The van der Waals surface area contributed by atoms with Gasteiger partial charge in [-0.05, 0) is 77.0 Å². The molecule has 194 valence electrons. The maximum atomic E-state index is 13.2. The maximum absolute atomic E-state index is 13.2. The van der Waals surface area contributed by atoms with Gasteiger partial charge < -0.3 is 19.4 Å². The van der Waals surface area contributed by atoms with Crippen LogP contribution in [0.1, 0.15) is 103 Å². The Balaban J connectivity index is 1.89. The van der Waals surface area contributed by atoms with E-state index in [0.29, 0.717) is 18.0 Å². The topological polar surface area (TPSA) is 82.5 Å². The summed E-state index contributed by atoms with van der Waals surface area (Å²) in [7, 11) is 0. The minimum Gasteiger partial charge on any atom is -0.458 e. The Hall–Kier alpha value is -2.41. The molecule has 2 unspecified atom stereocenters. The number of rotatable bonds is 10. The van der Waals surface area contributed by atoms with Crippen LogP contribution in [0.15, 0.2) is 18.2 Å². The molecule has 0 radical (unpaired) electrons. The molecule has 35 heavy (non-hydrogen) atoms. The Morgan fingerprint density at radius 3 is 2.51 bits per heavy atom. The molecule has 1 aliphatic heterocycles. The molecule has 0 spiro atoms. The molecular weight excluding hydrogens is 442 g/mol. The van der Waals surface area contributed by atoms with Crippen LogP contribution in [0.3, 0.4) is 0 Å². The number of imidazole rings is 1. The van der Waals surface area contributed by atoms with E-state index in [4.69, 9.17) is 14.5 Å². The summed E-state index contributed by atoms with van der Waals surface area (Å²) in [6.45, 7) is 14.7. The van der Waals surface area contributed by atoms with Gasteiger partial charge in [-0.15, -0.1) is 0 Å². The number of nitrogens with zero attached hydrogens (tertiary/aromatic N) is 2. The third-order valence-electron chi connectivity index (χ3n) is 6.47. The largest absolute Gasteiger partial charge is 0.458 e. The van der Waals surface area contributed by atoms with Gasteiger partial charge in [0.2, 0.25) is 0 Å². The van der Waals surface area contributed by atoms with Crippen molar-refractivity contribution in [3.8, 4) is 0 Å². The van der Waals surface area contributed by atoms with Crippen molar-refractivity contribution in [1.82, 2.24) is 14.9 Å². The summed E-state index contributed by atoms with van der Waals surface area (Å²) < 4.78 is 13.8. The van der Waals surface area contributed by atoms with Gasteiger partial charge in [0.05, 0.1) is 17.1 Å². The lowest BCUT2D eigenvalue weighted by atomic mass is 10.0. The molecule has 0 saturated carbocycles. The maximum Gasteiger partial charge on any atom is 0.329 e. The van der Waals surface area contributed by atoms with Crippen molar-refractivity contribution in [2.75, 3.05) is 6.61 Å². The zero-order valence-corrected chi connectivity index (χ0v) is 22.5. The fraction of sp³-hybridized carbons (Fsp3) is 0.679. The number of carbonyl (C=O) groups excluding carboxylic acids is 2. The molecule has 2 heterocycles. The highest BCUT2D eigenvalue weighted by atomic mass is 16.6. The number of fused-ring (bicyclic) bond motifs is 1. The SMILES string of the molecule is CCC(CC)n1c(CC2CCCO2)nc2cc(C(=O)NC(CC(C)C)C(=O)OC(C)(C)C)ccc21. The van der Waals surface area contributed by atoms with E-state index < -0.39 is 17.6 Å². The third-order valence-corrected chi connectivity index (χ3v) is 6.47. The van der Waals surface area contributed by atoms with Gasteiger partial charge in [0.1, 0.15) is 17.5 Å². The normalized spacial score (nSPS) is 17.3. The zero-order valence-electron chi connectivity index (χ0n) is 22.5. The molecule has 1 aliphatic rings. The highest BCUT2D eigenvalue weighted by Crippen LogP contribution is 2.29. The molecule has 2 aromatic rings. The highest BCUT2D eigenvalue weighted by molar-refractivity contribution is 5.99. The van der Waals surface area contributed by atoms with Crippen LogP contribution in [0.4, 0.5) is 0 Å². The lowest BCUT2D eigenvalue weighted by Gasteiger charge is -2.25. The van der Waals surface area contributed by atoms with Crippen LogP contribution >= 0.6 is 0 Å². The van der Waals surface area contributed by atoms with Crippen molar-refractivity contribution in [3.63, 3.8) is 0 Å². The van der Waals surface area contributed by atoms with Crippen molar-refractivity contribution >= 4 is 22.9 Å². The van der Waals surface area contributed by atoms with Gasteiger partial charge in [-0.2, -0.15) is 0 Å². The number of hydrogen-bond acceptors (Lipinski definition) is 5. The fourth-order valence-electron chi connectivity index (χ4n) is 4.80. The minimum absolute atomic E-state index is 0.202. The van der Waals surface area contributed by atoms with E-state index >= 15 is 0 Å². The van der Waals surface area contributed by atoms with E-state index in [0.717, 1.165) is 55.6 Å². The van der Waals surface area contributed by atoms with E-state index in [-0.39, 0.29) is 17.9 Å². The number of aromatic nitrogens is 2. The van der Waals surface area contributed by atoms with Crippen molar-refractivity contribution in [2.24, 2.45) is 5.92 Å².